The quantitative estimate of drug-likeness (QED) is 0.653. The summed E-state index contributed by atoms with van der Waals surface area (Å²) in [6.07, 6.45) is 1.63. The Bertz CT molecular complexity index is 749. The van der Waals surface area contributed by atoms with Gasteiger partial charge in [-0.05, 0) is 29.0 Å². The molecule has 1 amide bonds. The zero-order valence-electron chi connectivity index (χ0n) is 15.3. The van der Waals surface area contributed by atoms with E-state index in [9.17, 15) is 4.79 Å². The van der Waals surface area contributed by atoms with Gasteiger partial charge in [-0.3, -0.25) is 4.79 Å². The van der Waals surface area contributed by atoms with E-state index in [1.54, 1.807) is 16.4 Å². The van der Waals surface area contributed by atoms with Gasteiger partial charge in [-0.15, -0.1) is 5.10 Å². The van der Waals surface area contributed by atoms with Crippen LogP contribution in [-0.2, 0) is 9.53 Å². The Morgan fingerprint density at radius 1 is 1.22 bits per heavy atom. The molecule has 3 heterocycles. The summed E-state index contributed by atoms with van der Waals surface area (Å²) >= 11 is 1.67. The number of ether oxygens (including phenoxy) is 1. The molecule has 0 bridgehead atoms. The predicted octanol–water partition coefficient (Wildman–Crippen LogP) is -0.339. The number of aromatic nitrogens is 4. The fraction of sp³-hybridized carbons (Fsp3) is 0.556. The standard InChI is InChI=1S/C18H24N6O2S/c25-17-7-4-8-23(17)14-16(13-22-9-11-26-12-10-22)27-18-19-20-21-24(18)15-5-2-1-3-6-15/h1-3,5-6,16H,4,7-14H2/p+1. The van der Waals surface area contributed by atoms with Gasteiger partial charge in [-0.25, -0.2) is 0 Å². The third-order valence-electron chi connectivity index (χ3n) is 5.03. The minimum Gasteiger partial charge on any atom is -0.370 e. The lowest BCUT2D eigenvalue weighted by molar-refractivity contribution is -0.907. The van der Waals surface area contributed by atoms with Crippen LogP contribution in [0.25, 0.3) is 5.69 Å². The number of morpholine rings is 1. The van der Waals surface area contributed by atoms with Crippen LogP contribution in [0.3, 0.4) is 0 Å². The second-order valence-corrected chi connectivity index (χ2v) is 8.23. The van der Waals surface area contributed by atoms with Gasteiger partial charge in [0, 0.05) is 19.5 Å². The number of carbonyl (C=O) groups excluding carboxylic acids is 1. The Balaban J connectivity index is 1.50. The molecule has 2 aromatic rings. The number of likely N-dealkylation sites (tertiary alicyclic amines) is 1. The molecule has 27 heavy (non-hydrogen) atoms. The Morgan fingerprint density at radius 2 is 2.04 bits per heavy atom. The summed E-state index contributed by atoms with van der Waals surface area (Å²) in [6, 6.07) is 9.91. The lowest BCUT2D eigenvalue weighted by Crippen LogP contribution is -3.15. The molecule has 0 saturated carbocycles. The van der Waals surface area contributed by atoms with Crippen LogP contribution in [0.4, 0.5) is 0 Å². The molecule has 0 radical (unpaired) electrons. The van der Waals surface area contributed by atoms with Gasteiger partial charge in [0.1, 0.15) is 13.1 Å². The van der Waals surface area contributed by atoms with E-state index < -0.39 is 0 Å². The highest BCUT2D eigenvalue weighted by atomic mass is 32.2. The van der Waals surface area contributed by atoms with Crippen LogP contribution in [0.15, 0.2) is 35.5 Å². The average Bonchev–Trinajstić information content (AvgIpc) is 3.32. The normalized spacial score (nSPS) is 19.6. The molecule has 8 nitrogen and oxygen atoms in total. The molecule has 1 unspecified atom stereocenters. The molecule has 1 aromatic heterocycles. The largest absolute Gasteiger partial charge is 0.370 e. The van der Waals surface area contributed by atoms with E-state index in [2.05, 4.69) is 15.5 Å². The number of nitrogens with zero attached hydrogens (tertiary/aromatic N) is 5. The first kappa shape index (κ1) is 18.4. The number of carbonyl (C=O) groups is 1. The molecule has 0 aliphatic carbocycles. The van der Waals surface area contributed by atoms with Crippen LogP contribution < -0.4 is 4.90 Å². The van der Waals surface area contributed by atoms with Crippen molar-refractivity contribution < 1.29 is 14.4 Å². The molecule has 0 spiro atoms. The molecule has 2 aliphatic heterocycles. The molecule has 1 N–H and O–H groups in total. The maximum atomic E-state index is 12.1. The van der Waals surface area contributed by atoms with Gasteiger partial charge in [-0.2, -0.15) is 4.68 Å². The second kappa shape index (κ2) is 8.81. The number of amides is 1. The molecular weight excluding hydrogens is 364 g/mol. The number of para-hydroxylation sites is 1. The number of thioether (sulfide) groups is 1. The van der Waals surface area contributed by atoms with Gasteiger partial charge >= 0.3 is 0 Å². The van der Waals surface area contributed by atoms with E-state index in [4.69, 9.17) is 4.74 Å². The van der Waals surface area contributed by atoms with Crippen LogP contribution >= 0.6 is 11.8 Å². The van der Waals surface area contributed by atoms with E-state index in [1.165, 1.54) is 4.90 Å². The van der Waals surface area contributed by atoms with Gasteiger partial charge in [-0.1, -0.05) is 30.0 Å². The first-order chi connectivity index (χ1) is 13.3. The molecule has 2 fully saturated rings. The van der Waals surface area contributed by atoms with E-state index in [0.717, 1.165) is 63.2 Å². The number of hydrogen-bond donors (Lipinski definition) is 1. The summed E-state index contributed by atoms with van der Waals surface area (Å²) in [5.41, 5.74) is 0.944. The summed E-state index contributed by atoms with van der Waals surface area (Å²) in [6.45, 7) is 6.20. The molecule has 2 saturated heterocycles. The molecular formula is C18H25N6O2S+. The molecule has 144 valence electrons. The lowest BCUT2D eigenvalue weighted by Gasteiger charge is -2.29. The zero-order valence-corrected chi connectivity index (χ0v) is 16.1. The first-order valence-corrected chi connectivity index (χ1v) is 10.4. The Labute approximate surface area is 162 Å². The van der Waals surface area contributed by atoms with E-state index in [0.29, 0.717) is 6.42 Å². The van der Waals surface area contributed by atoms with Crippen LogP contribution in [-0.4, -0.2) is 82.2 Å². The first-order valence-electron chi connectivity index (χ1n) is 9.49. The monoisotopic (exact) mass is 389 g/mol. The summed E-state index contributed by atoms with van der Waals surface area (Å²) in [5.74, 6) is 0.264. The Morgan fingerprint density at radius 3 is 2.78 bits per heavy atom. The number of quaternary nitrogens is 1. The van der Waals surface area contributed by atoms with Gasteiger partial charge < -0.3 is 14.5 Å². The van der Waals surface area contributed by atoms with Gasteiger partial charge in [0.25, 0.3) is 0 Å². The van der Waals surface area contributed by atoms with Crippen molar-refractivity contribution in [1.29, 1.82) is 0 Å². The summed E-state index contributed by atoms with van der Waals surface area (Å²) in [4.78, 5) is 15.6. The summed E-state index contributed by atoms with van der Waals surface area (Å²) in [5, 5.41) is 13.3. The fourth-order valence-corrected chi connectivity index (χ4v) is 4.80. The molecule has 4 rings (SSSR count). The summed E-state index contributed by atoms with van der Waals surface area (Å²) in [7, 11) is 0. The third kappa shape index (κ3) is 4.66. The van der Waals surface area contributed by atoms with E-state index >= 15 is 0 Å². The van der Waals surface area contributed by atoms with Crippen LogP contribution in [0.2, 0.25) is 0 Å². The number of hydrogen-bond acceptors (Lipinski definition) is 6. The summed E-state index contributed by atoms with van der Waals surface area (Å²) < 4.78 is 7.26. The van der Waals surface area contributed by atoms with Gasteiger partial charge in [0.05, 0.1) is 30.7 Å². The number of nitrogens with one attached hydrogen (secondary N) is 1. The van der Waals surface area contributed by atoms with Crippen molar-refractivity contribution in [3.63, 3.8) is 0 Å². The highest BCUT2D eigenvalue weighted by Crippen LogP contribution is 2.24. The molecule has 2 aliphatic rings. The lowest BCUT2D eigenvalue weighted by atomic mass is 10.3. The van der Waals surface area contributed by atoms with Crippen LogP contribution in [0, 0.1) is 0 Å². The topological polar surface area (TPSA) is 77.6 Å². The van der Waals surface area contributed by atoms with Crippen molar-refractivity contribution in [2.45, 2.75) is 23.2 Å². The van der Waals surface area contributed by atoms with Crippen molar-refractivity contribution in [3.8, 4) is 5.69 Å². The number of benzene rings is 1. The van der Waals surface area contributed by atoms with Crippen molar-refractivity contribution in [3.05, 3.63) is 30.3 Å². The Hall–Kier alpha value is -1.97. The van der Waals surface area contributed by atoms with Gasteiger partial charge in [0.15, 0.2) is 0 Å². The SMILES string of the molecule is O=C1CCCN1CC(C[NH+]1CCOCC1)Sc1nnnn1-c1ccccc1. The Kier molecular flexibility index (Phi) is 6.00. The highest BCUT2D eigenvalue weighted by Gasteiger charge is 2.29. The third-order valence-corrected chi connectivity index (χ3v) is 6.14. The minimum atomic E-state index is 0.244. The van der Waals surface area contributed by atoms with Crippen LogP contribution in [0.5, 0.6) is 0 Å². The molecule has 1 atom stereocenters. The predicted molar refractivity (Wildman–Crippen MR) is 101 cm³/mol. The number of rotatable bonds is 7. The van der Waals surface area contributed by atoms with Crippen molar-refractivity contribution in [2.24, 2.45) is 0 Å². The van der Waals surface area contributed by atoms with Crippen molar-refractivity contribution in [1.82, 2.24) is 25.1 Å². The van der Waals surface area contributed by atoms with Crippen molar-refractivity contribution in [2.75, 3.05) is 45.9 Å². The average molecular weight is 390 g/mol. The minimum absolute atomic E-state index is 0.244. The second-order valence-electron chi connectivity index (χ2n) is 6.96. The van der Waals surface area contributed by atoms with Gasteiger partial charge in [0.2, 0.25) is 11.1 Å². The fourth-order valence-electron chi connectivity index (χ4n) is 3.61. The number of tetrazole rings is 1. The highest BCUT2D eigenvalue weighted by molar-refractivity contribution is 7.99. The van der Waals surface area contributed by atoms with Crippen molar-refractivity contribution >= 4 is 17.7 Å². The smallest absolute Gasteiger partial charge is 0.222 e. The maximum absolute atomic E-state index is 12.1. The zero-order chi connectivity index (χ0) is 18.5. The molecule has 9 heteroatoms. The van der Waals surface area contributed by atoms with E-state index in [-0.39, 0.29) is 11.2 Å². The van der Waals surface area contributed by atoms with E-state index in [1.807, 2.05) is 35.2 Å². The maximum Gasteiger partial charge on any atom is 0.222 e. The molecule has 1 aromatic carbocycles. The van der Waals surface area contributed by atoms with Crippen LogP contribution in [0.1, 0.15) is 12.8 Å².